The minimum absolute atomic E-state index is 0.325. The summed E-state index contributed by atoms with van der Waals surface area (Å²) < 4.78 is 21.7. The van der Waals surface area contributed by atoms with Gasteiger partial charge in [-0.25, -0.2) is 13.6 Å². The lowest BCUT2D eigenvalue weighted by molar-refractivity contribution is -0.127. The maximum atomic E-state index is 11.2. The number of nitrogens with zero attached hydrogens (tertiary/aromatic N) is 1. The Hall–Kier alpha value is -0.620. The number of amides is 1. The SMILES string of the molecule is CCN1CCC(S(N)(=O)=O)C1=O. The van der Waals surface area contributed by atoms with Crippen molar-refractivity contribution in [3.8, 4) is 0 Å². The summed E-state index contributed by atoms with van der Waals surface area (Å²) in [4.78, 5) is 12.7. The maximum Gasteiger partial charge on any atom is 0.242 e. The highest BCUT2D eigenvalue weighted by Crippen LogP contribution is 2.15. The fourth-order valence-electron chi connectivity index (χ4n) is 1.33. The van der Waals surface area contributed by atoms with Gasteiger partial charge in [-0.2, -0.15) is 0 Å². The molecule has 2 N–H and O–H groups in total. The lowest BCUT2D eigenvalue weighted by Crippen LogP contribution is -2.37. The molecule has 0 spiro atoms. The topological polar surface area (TPSA) is 80.5 Å². The molecule has 5 nitrogen and oxygen atoms in total. The Kier molecular flexibility index (Phi) is 2.39. The molecule has 1 fully saturated rings. The van der Waals surface area contributed by atoms with Crippen LogP contribution in [0.2, 0.25) is 0 Å². The third-order valence-electron chi connectivity index (χ3n) is 2.03. The van der Waals surface area contributed by atoms with Crippen molar-refractivity contribution in [2.75, 3.05) is 13.1 Å². The first-order valence-electron chi connectivity index (χ1n) is 3.77. The normalized spacial score (nSPS) is 25.0. The highest BCUT2D eigenvalue weighted by Gasteiger charge is 2.38. The van der Waals surface area contributed by atoms with Crippen LogP contribution in [-0.2, 0) is 14.8 Å². The van der Waals surface area contributed by atoms with E-state index in [2.05, 4.69) is 0 Å². The van der Waals surface area contributed by atoms with Crippen LogP contribution < -0.4 is 5.14 Å². The average Bonchev–Trinajstić information content (AvgIpc) is 2.29. The number of hydrogen-bond acceptors (Lipinski definition) is 3. The van der Waals surface area contributed by atoms with Gasteiger partial charge in [-0.15, -0.1) is 0 Å². The summed E-state index contributed by atoms with van der Waals surface area (Å²) in [7, 11) is -3.69. The molecule has 1 atom stereocenters. The van der Waals surface area contributed by atoms with Gasteiger partial charge in [-0.3, -0.25) is 4.79 Å². The van der Waals surface area contributed by atoms with Crippen LogP contribution in [0.3, 0.4) is 0 Å². The van der Waals surface area contributed by atoms with E-state index >= 15 is 0 Å². The maximum absolute atomic E-state index is 11.2. The van der Waals surface area contributed by atoms with Gasteiger partial charge in [0.2, 0.25) is 15.9 Å². The van der Waals surface area contributed by atoms with Crippen LogP contribution >= 0.6 is 0 Å². The van der Waals surface area contributed by atoms with Crippen molar-refractivity contribution >= 4 is 15.9 Å². The van der Waals surface area contributed by atoms with Gasteiger partial charge in [0.15, 0.2) is 5.25 Å². The molecule has 0 aromatic rings. The second-order valence-corrected chi connectivity index (χ2v) is 4.53. The summed E-state index contributed by atoms with van der Waals surface area (Å²) in [6.07, 6.45) is 0.325. The highest BCUT2D eigenvalue weighted by molar-refractivity contribution is 7.90. The van der Waals surface area contributed by atoms with Crippen LogP contribution in [0.15, 0.2) is 0 Å². The van der Waals surface area contributed by atoms with Gasteiger partial charge in [0.05, 0.1) is 0 Å². The molecular formula is C6H12N2O3S. The van der Waals surface area contributed by atoms with Crippen molar-refractivity contribution in [2.24, 2.45) is 5.14 Å². The zero-order valence-electron chi connectivity index (χ0n) is 6.86. The zero-order valence-corrected chi connectivity index (χ0v) is 7.67. The van der Waals surface area contributed by atoms with Gasteiger partial charge >= 0.3 is 0 Å². The highest BCUT2D eigenvalue weighted by atomic mass is 32.2. The molecule has 12 heavy (non-hydrogen) atoms. The first-order chi connectivity index (χ1) is 5.46. The van der Waals surface area contributed by atoms with Crippen molar-refractivity contribution in [3.05, 3.63) is 0 Å². The Labute approximate surface area is 71.6 Å². The second kappa shape index (κ2) is 3.02. The predicted octanol–water partition coefficient (Wildman–Crippen LogP) is -1.10. The number of primary sulfonamides is 1. The molecule has 1 unspecified atom stereocenters. The molecule has 0 aromatic heterocycles. The summed E-state index contributed by atoms with van der Waals surface area (Å²) in [5, 5.41) is 3.87. The number of rotatable bonds is 2. The number of carbonyl (C=O) groups excluding carboxylic acids is 1. The van der Waals surface area contributed by atoms with Crippen LogP contribution in [0.1, 0.15) is 13.3 Å². The number of likely N-dealkylation sites (tertiary alicyclic amines) is 1. The molecule has 0 radical (unpaired) electrons. The Morgan fingerprint density at radius 3 is 2.50 bits per heavy atom. The van der Waals surface area contributed by atoms with Crippen LogP contribution in [0.25, 0.3) is 0 Å². The molecule has 0 aliphatic carbocycles. The first kappa shape index (κ1) is 9.47. The van der Waals surface area contributed by atoms with Crippen molar-refractivity contribution in [2.45, 2.75) is 18.6 Å². The van der Waals surface area contributed by atoms with E-state index in [1.165, 1.54) is 4.90 Å². The van der Waals surface area contributed by atoms with Gasteiger partial charge < -0.3 is 4.90 Å². The molecule has 1 aliphatic rings. The van der Waals surface area contributed by atoms with Crippen molar-refractivity contribution in [3.63, 3.8) is 0 Å². The van der Waals surface area contributed by atoms with Crippen LogP contribution in [0, 0.1) is 0 Å². The van der Waals surface area contributed by atoms with E-state index in [1.807, 2.05) is 6.92 Å². The molecule has 6 heteroatoms. The molecule has 0 aromatic carbocycles. The van der Waals surface area contributed by atoms with Gasteiger partial charge in [0, 0.05) is 13.1 Å². The van der Waals surface area contributed by atoms with Crippen LogP contribution in [0.4, 0.5) is 0 Å². The summed E-state index contributed by atoms with van der Waals surface area (Å²) in [5.41, 5.74) is 0. The van der Waals surface area contributed by atoms with E-state index in [4.69, 9.17) is 5.14 Å². The lowest BCUT2D eigenvalue weighted by Gasteiger charge is -2.12. The van der Waals surface area contributed by atoms with E-state index in [0.29, 0.717) is 19.5 Å². The lowest BCUT2D eigenvalue weighted by atomic mass is 10.4. The number of carbonyl (C=O) groups is 1. The molecule has 0 saturated carbocycles. The first-order valence-corrected chi connectivity index (χ1v) is 5.38. The molecular weight excluding hydrogens is 180 g/mol. The average molecular weight is 192 g/mol. The van der Waals surface area contributed by atoms with Gasteiger partial charge in [-0.1, -0.05) is 0 Å². The quantitative estimate of drug-likeness (QED) is 0.602. The van der Waals surface area contributed by atoms with E-state index in [-0.39, 0.29) is 5.91 Å². The van der Waals surface area contributed by atoms with Gasteiger partial charge in [0.25, 0.3) is 0 Å². The third kappa shape index (κ3) is 1.59. The smallest absolute Gasteiger partial charge is 0.242 e. The molecule has 1 rings (SSSR count). The summed E-state index contributed by atoms with van der Waals surface area (Å²) in [5.74, 6) is -0.361. The van der Waals surface area contributed by atoms with Crippen molar-refractivity contribution in [1.29, 1.82) is 0 Å². The molecule has 70 valence electrons. The van der Waals surface area contributed by atoms with E-state index in [0.717, 1.165) is 0 Å². The molecule has 0 bridgehead atoms. The second-order valence-electron chi connectivity index (χ2n) is 2.78. The monoisotopic (exact) mass is 192 g/mol. The fraction of sp³-hybridized carbons (Fsp3) is 0.833. The van der Waals surface area contributed by atoms with E-state index < -0.39 is 15.3 Å². The zero-order chi connectivity index (χ0) is 9.35. The Bertz CT molecular complexity index is 285. The molecule has 1 aliphatic heterocycles. The minimum atomic E-state index is -3.69. The van der Waals surface area contributed by atoms with E-state index in [9.17, 15) is 13.2 Å². The standard InChI is InChI=1S/C6H12N2O3S/c1-2-8-4-3-5(6(8)9)12(7,10)11/h5H,2-4H2,1H3,(H2,7,10,11). The van der Waals surface area contributed by atoms with Gasteiger partial charge in [-0.05, 0) is 13.3 Å². The molecule has 1 amide bonds. The minimum Gasteiger partial charge on any atom is -0.342 e. The van der Waals surface area contributed by atoms with Gasteiger partial charge in [0.1, 0.15) is 0 Å². The van der Waals surface area contributed by atoms with Crippen LogP contribution in [0.5, 0.6) is 0 Å². The fourth-order valence-corrected chi connectivity index (χ4v) is 2.19. The molecule has 1 heterocycles. The summed E-state index contributed by atoms with van der Waals surface area (Å²) >= 11 is 0. The Morgan fingerprint density at radius 1 is 1.67 bits per heavy atom. The predicted molar refractivity (Wildman–Crippen MR) is 43.8 cm³/mol. The van der Waals surface area contributed by atoms with E-state index in [1.54, 1.807) is 0 Å². The van der Waals surface area contributed by atoms with Crippen molar-refractivity contribution < 1.29 is 13.2 Å². The summed E-state index contributed by atoms with van der Waals surface area (Å²) in [6, 6.07) is 0. The largest absolute Gasteiger partial charge is 0.342 e. The number of nitrogens with two attached hydrogens (primary N) is 1. The number of hydrogen-bond donors (Lipinski definition) is 1. The Balaban J connectivity index is 2.81. The third-order valence-corrected chi connectivity index (χ3v) is 3.26. The summed E-state index contributed by atoms with van der Waals surface area (Å²) in [6.45, 7) is 2.85. The Morgan fingerprint density at radius 2 is 2.25 bits per heavy atom. The molecule has 1 saturated heterocycles. The van der Waals surface area contributed by atoms with Crippen molar-refractivity contribution in [1.82, 2.24) is 4.90 Å². The van der Waals surface area contributed by atoms with Crippen LogP contribution in [-0.4, -0.2) is 37.6 Å². The number of sulfonamides is 1.